The summed E-state index contributed by atoms with van der Waals surface area (Å²) < 4.78 is 39.7. The summed E-state index contributed by atoms with van der Waals surface area (Å²) in [6.45, 7) is 2.21. The second kappa shape index (κ2) is 13.3. The van der Waals surface area contributed by atoms with Gasteiger partial charge >= 0.3 is 12.7 Å². The van der Waals surface area contributed by atoms with E-state index in [0.29, 0.717) is 45.8 Å². The van der Waals surface area contributed by atoms with Crippen molar-refractivity contribution in [2.45, 2.75) is 20.0 Å². The molecule has 0 atom stereocenters. The highest BCUT2D eigenvalue weighted by Crippen LogP contribution is 2.29. The number of amides is 1. The summed E-state index contributed by atoms with van der Waals surface area (Å²) in [5.74, 6) is 1.00. The molecule has 0 bridgehead atoms. The number of halogens is 3. The van der Waals surface area contributed by atoms with Crippen LogP contribution in [0, 0.1) is 0 Å². The third-order valence-corrected chi connectivity index (χ3v) is 4.46. The normalized spacial score (nSPS) is 14.3. The fourth-order valence-electron chi connectivity index (χ4n) is 3.03. The molecule has 30 heavy (non-hydrogen) atoms. The molecule has 1 saturated heterocycles. The van der Waals surface area contributed by atoms with Crippen molar-refractivity contribution in [2.75, 3.05) is 53.5 Å². The molecule has 1 aliphatic rings. The fraction of sp³-hybridized carbons (Fsp3) is 0.579. The minimum Gasteiger partial charge on any atom is -0.493 e. The first kappa shape index (κ1) is 26.0. The van der Waals surface area contributed by atoms with Crippen LogP contribution in [0.15, 0.2) is 23.2 Å². The summed E-state index contributed by atoms with van der Waals surface area (Å²) in [6, 6.07) is 4.96. The first-order valence-electron chi connectivity index (χ1n) is 9.47. The maximum absolute atomic E-state index is 12.6. The molecular weight excluding hydrogens is 513 g/mol. The molecule has 1 amide bonds. The zero-order chi connectivity index (χ0) is 21.2. The number of nitrogens with one attached hydrogen (secondary N) is 1. The van der Waals surface area contributed by atoms with Crippen LogP contribution in [0.25, 0.3) is 0 Å². The van der Waals surface area contributed by atoms with Gasteiger partial charge in [-0.3, -0.25) is 4.99 Å². The van der Waals surface area contributed by atoms with Gasteiger partial charge in [0.15, 0.2) is 17.5 Å². The van der Waals surface area contributed by atoms with Crippen LogP contribution in [-0.4, -0.2) is 82.0 Å². The third kappa shape index (κ3) is 7.65. The summed E-state index contributed by atoms with van der Waals surface area (Å²) >= 11 is 0. The van der Waals surface area contributed by atoms with Crippen molar-refractivity contribution < 1.29 is 27.8 Å². The van der Waals surface area contributed by atoms with Gasteiger partial charge in [-0.05, 0) is 31.0 Å². The Bertz CT molecular complexity index is 701. The van der Waals surface area contributed by atoms with Gasteiger partial charge in [0.1, 0.15) is 0 Å². The van der Waals surface area contributed by atoms with E-state index in [1.165, 1.54) is 7.11 Å². The van der Waals surface area contributed by atoms with Gasteiger partial charge in [0, 0.05) is 39.8 Å². The molecule has 170 valence electrons. The van der Waals surface area contributed by atoms with E-state index >= 15 is 0 Å². The molecule has 1 fully saturated rings. The lowest BCUT2D eigenvalue weighted by atomic mass is 10.1. The lowest BCUT2D eigenvalue weighted by Gasteiger charge is -2.35. The summed E-state index contributed by atoms with van der Waals surface area (Å²) in [6.07, 6.45) is 0.294. The van der Waals surface area contributed by atoms with Gasteiger partial charge in [-0.25, -0.2) is 4.79 Å². The number of rotatable bonds is 7. The number of aliphatic imine (C=N–C) groups is 1. The summed E-state index contributed by atoms with van der Waals surface area (Å²) in [5, 5.41) is 3.27. The number of guanidine groups is 1. The number of piperazine rings is 1. The number of carbonyl (C=O) groups is 1. The number of ether oxygens (including phenoxy) is 3. The first-order chi connectivity index (χ1) is 14.0. The zero-order valence-electron chi connectivity index (χ0n) is 17.4. The number of hydrogen-bond donors (Lipinski definition) is 1. The molecule has 0 spiro atoms. The molecule has 2 rings (SSSR count). The van der Waals surface area contributed by atoms with Crippen LogP contribution < -0.4 is 14.8 Å². The second-order valence-electron chi connectivity index (χ2n) is 6.26. The fourth-order valence-corrected chi connectivity index (χ4v) is 3.03. The standard InChI is InChI=1S/C19H28F2N4O4.HI/c1-4-28-19(26)25-11-9-24(10-12-25)18(22-2)23-8-7-14-5-6-15(27-3)16(13-14)29-17(20)21;/h5-6,13,17H,4,7-12H2,1-3H3,(H,22,23);1H. The molecule has 0 radical (unpaired) electrons. The Labute approximate surface area is 192 Å². The molecule has 0 saturated carbocycles. The molecule has 11 heteroatoms. The average Bonchev–Trinajstić information content (AvgIpc) is 2.71. The highest BCUT2D eigenvalue weighted by atomic mass is 127. The van der Waals surface area contributed by atoms with E-state index in [-0.39, 0.29) is 41.6 Å². The van der Waals surface area contributed by atoms with E-state index < -0.39 is 6.61 Å². The van der Waals surface area contributed by atoms with Crippen molar-refractivity contribution in [1.82, 2.24) is 15.1 Å². The number of nitrogens with zero attached hydrogens (tertiary/aromatic N) is 3. The molecular formula is C19H29F2IN4O4. The monoisotopic (exact) mass is 542 g/mol. The van der Waals surface area contributed by atoms with Crippen molar-refractivity contribution in [2.24, 2.45) is 4.99 Å². The first-order valence-corrected chi connectivity index (χ1v) is 9.47. The van der Waals surface area contributed by atoms with Crippen molar-refractivity contribution in [3.05, 3.63) is 23.8 Å². The largest absolute Gasteiger partial charge is 0.493 e. The van der Waals surface area contributed by atoms with Crippen LogP contribution in [0.1, 0.15) is 12.5 Å². The highest BCUT2D eigenvalue weighted by molar-refractivity contribution is 14.0. The number of methoxy groups -OCH3 is 1. The number of benzene rings is 1. The number of carbonyl (C=O) groups excluding carboxylic acids is 1. The van der Waals surface area contributed by atoms with Gasteiger partial charge in [0.05, 0.1) is 13.7 Å². The number of alkyl halides is 2. The molecule has 1 aliphatic heterocycles. The van der Waals surface area contributed by atoms with Crippen LogP contribution in [0.2, 0.25) is 0 Å². The molecule has 1 aromatic carbocycles. The Hall–Kier alpha value is -2.05. The predicted molar refractivity (Wildman–Crippen MR) is 120 cm³/mol. The molecule has 1 N–H and O–H groups in total. The van der Waals surface area contributed by atoms with Crippen LogP contribution in [0.4, 0.5) is 13.6 Å². The second-order valence-corrected chi connectivity index (χ2v) is 6.26. The van der Waals surface area contributed by atoms with Gasteiger partial charge < -0.3 is 29.3 Å². The molecule has 1 aromatic rings. The lowest BCUT2D eigenvalue weighted by molar-refractivity contribution is -0.0512. The molecule has 8 nitrogen and oxygen atoms in total. The van der Waals surface area contributed by atoms with Crippen LogP contribution >= 0.6 is 24.0 Å². The van der Waals surface area contributed by atoms with Crippen LogP contribution in [0.5, 0.6) is 11.5 Å². The van der Waals surface area contributed by atoms with Crippen LogP contribution in [-0.2, 0) is 11.2 Å². The van der Waals surface area contributed by atoms with E-state index in [4.69, 9.17) is 9.47 Å². The zero-order valence-corrected chi connectivity index (χ0v) is 19.7. The van der Waals surface area contributed by atoms with Crippen molar-refractivity contribution in [3.63, 3.8) is 0 Å². The number of hydrogen-bond acceptors (Lipinski definition) is 5. The smallest absolute Gasteiger partial charge is 0.409 e. The Balaban J connectivity index is 0.00000450. The van der Waals surface area contributed by atoms with E-state index in [0.717, 1.165) is 11.5 Å². The molecule has 0 unspecified atom stereocenters. The lowest BCUT2D eigenvalue weighted by Crippen LogP contribution is -2.54. The average molecular weight is 542 g/mol. The quantitative estimate of drug-likeness (QED) is 0.325. The predicted octanol–water partition coefficient (Wildman–Crippen LogP) is 2.81. The summed E-state index contributed by atoms with van der Waals surface area (Å²) in [5.41, 5.74) is 0.830. The van der Waals surface area contributed by atoms with E-state index in [1.807, 2.05) is 0 Å². The summed E-state index contributed by atoms with van der Waals surface area (Å²) in [7, 11) is 3.10. The maximum atomic E-state index is 12.6. The minimum absolute atomic E-state index is 0. The van der Waals surface area contributed by atoms with E-state index in [1.54, 1.807) is 37.1 Å². The van der Waals surface area contributed by atoms with Crippen LogP contribution in [0.3, 0.4) is 0 Å². The van der Waals surface area contributed by atoms with Gasteiger partial charge in [-0.15, -0.1) is 24.0 Å². The van der Waals surface area contributed by atoms with E-state index in [2.05, 4.69) is 19.9 Å². The minimum atomic E-state index is -2.91. The topological polar surface area (TPSA) is 75.6 Å². The van der Waals surface area contributed by atoms with Crippen molar-refractivity contribution in [3.8, 4) is 11.5 Å². The van der Waals surface area contributed by atoms with E-state index in [9.17, 15) is 13.6 Å². The van der Waals surface area contributed by atoms with Gasteiger partial charge in [0.25, 0.3) is 0 Å². The Morgan fingerprint density at radius 3 is 2.43 bits per heavy atom. The molecule has 1 heterocycles. The van der Waals surface area contributed by atoms with Gasteiger partial charge in [0.2, 0.25) is 0 Å². The Morgan fingerprint density at radius 1 is 1.20 bits per heavy atom. The summed E-state index contributed by atoms with van der Waals surface area (Å²) in [4.78, 5) is 19.8. The SMILES string of the molecule is CCOC(=O)N1CCN(C(=NC)NCCc2ccc(OC)c(OC(F)F)c2)CC1.I. The molecule has 0 aromatic heterocycles. The van der Waals surface area contributed by atoms with Crippen molar-refractivity contribution in [1.29, 1.82) is 0 Å². The Morgan fingerprint density at radius 2 is 1.87 bits per heavy atom. The van der Waals surface area contributed by atoms with Gasteiger partial charge in [-0.2, -0.15) is 8.78 Å². The molecule has 0 aliphatic carbocycles. The van der Waals surface area contributed by atoms with Gasteiger partial charge in [-0.1, -0.05) is 6.07 Å². The highest BCUT2D eigenvalue weighted by Gasteiger charge is 2.23. The Kier molecular flexibility index (Phi) is 11.5. The van der Waals surface area contributed by atoms with Crippen molar-refractivity contribution >= 4 is 36.0 Å². The maximum Gasteiger partial charge on any atom is 0.409 e. The third-order valence-electron chi connectivity index (χ3n) is 4.46.